The number of hydrogen-bond acceptors (Lipinski definition) is 4. The monoisotopic (exact) mass is 349 g/mol. The molecule has 0 radical (unpaired) electrons. The van der Waals surface area contributed by atoms with Gasteiger partial charge in [0, 0.05) is 26.1 Å². The lowest BCUT2D eigenvalue weighted by Gasteiger charge is -2.35. The molecular formula is C19H28FN3O2. The highest BCUT2D eigenvalue weighted by atomic mass is 19.1. The molecule has 1 amide bonds. The molecule has 6 heteroatoms. The number of hydrogen-bond donors (Lipinski definition) is 2. The summed E-state index contributed by atoms with van der Waals surface area (Å²) in [4.78, 5) is 14.5. The number of carbonyl (C=O) groups excluding carboxylic acids is 1. The van der Waals surface area contributed by atoms with Gasteiger partial charge in [-0.2, -0.15) is 0 Å². The summed E-state index contributed by atoms with van der Waals surface area (Å²) in [6.07, 6.45) is 2.68. The average Bonchev–Trinajstić information content (AvgIpc) is 3.16. The number of morpholine rings is 1. The highest BCUT2D eigenvalue weighted by Gasteiger charge is 2.23. The zero-order valence-electron chi connectivity index (χ0n) is 14.7. The number of nitrogens with zero attached hydrogens (tertiary/aromatic N) is 1. The van der Waals surface area contributed by atoms with Gasteiger partial charge in [0.1, 0.15) is 5.82 Å². The van der Waals surface area contributed by atoms with E-state index < -0.39 is 0 Å². The third-order valence-electron chi connectivity index (χ3n) is 5.18. The second kappa shape index (κ2) is 9.27. The Bertz CT molecular complexity index is 540. The van der Waals surface area contributed by atoms with Crippen LogP contribution in [0.3, 0.4) is 0 Å². The van der Waals surface area contributed by atoms with Gasteiger partial charge in [-0.1, -0.05) is 12.1 Å². The summed E-state index contributed by atoms with van der Waals surface area (Å²) in [6, 6.07) is 6.65. The Balaban J connectivity index is 1.55. The van der Waals surface area contributed by atoms with Crippen LogP contribution in [0.15, 0.2) is 24.3 Å². The summed E-state index contributed by atoms with van der Waals surface area (Å²) >= 11 is 0. The van der Waals surface area contributed by atoms with Crippen molar-refractivity contribution in [2.45, 2.75) is 25.3 Å². The lowest BCUT2D eigenvalue weighted by molar-refractivity contribution is -0.121. The van der Waals surface area contributed by atoms with Crippen molar-refractivity contribution in [2.24, 2.45) is 5.92 Å². The Kier molecular flexibility index (Phi) is 6.78. The van der Waals surface area contributed by atoms with Crippen LogP contribution >= 0.6 is 0 Å². The molecule has 138 valence electrons. The number of amides is 1. The van der Waals surface area contributed by atoms with Crippen molar-refractivity contribution in [3.63, 3.8) is 0 Å². The maximum absolute atomic E-state index is 13.2. The largest absolute Gasteiger partial charge is 0.379 e. The minimum absolute atomic E-state index is 0.0570. The van der Waals surface area contributed by atoms with Gasteiger partial charge >= 0.3 is 0 Å². The van der Waals surface area contributed by atoms with Crippen LogP contribution in [-0.4, -0.2) is 56.7 Å². The third-order valence-corrected chi connectivity index (χ3v) is 5.18. The van der Waals surface area contributed by atoms with Gasteiger partial charge in [-0.05, 0) is 49.5 Å². The van der Waals surface area contributed by atoms with Crippen LogP contribution in [0.25, 0.3) is 0 Å². The van der Waals surface area contributed by atoms with Gasteiger partial charge in [-0.3, -0.25) is 9.69 Å². The van der Waals surface area contributed by atoms with E-state index in [0.717, 1.165) is 38.2 Å². The summed E-state index contributed by atoms with van der Waals surface area (Å²) < 4.78 is 18.7. The molecular weight excluding hydrogens is 321 g/mol. The first-order chi connectivity index (χ1) is 12.2. The number of benzene rings is 1. The van der Waals surface area contributed by atoms with Gasteiger partial charge in [0.05, 0.1) is 19.3 Å². The first kappa shape index (κ1) is 18.3. The SMILES string of the molecule is O=C(CCC1CCNC1)NCC(c1ccc(F)cc1)N1CCOCC1. The van der Waals surface area contributed by atoms with Crippen LogP contribution in [0.4, 0.5) is 4.39 Å². The molecule has 2 aliphatic heterocycles. The molecule has 5 nitrogen and oxygen atoms in total. The molecule has 1 aromatic rings. The van der Waals surface area contributed by atoms with Gasteiger partial charge in [-0.15, -0.1) is 0 Å². The van der Waals surface area contributed by atoms with Crippen molar-refractivity contribution in [1.82, 2.24) is 15.5 Å². The van der Waals surface area contributed by atoms with Crippen molar-refractivity contribution in [3.05, 3.63) is 35.6 Å². The minimum Gasteiger partial charge on any atom is -0.379 e. The minimum atomic E-state index is -0.237. The van der Waals surface area contributed by atoms with E-state index in [1.54, 1.807) is 0 Å². The Morgan fingerprint density at radius 2 is 2.08 bits per heavy atom. The van der Waals surface area contributed by atoms with E-state index in [4.69, 9.17) is 4.74 Å². The summed E-state index contributed by atoms with van der Waals surface area (Å²) in [5, 5.41) is 6.42. The van der Waals surface area contributed by atoms with Crippen LogP contribution in [0.2, 0.25) is 0 Å². The zero-order chi connectivity index (χ0) is 17.5. The quantitative estimate of drug-likeness (QED) is 0.787. The van der Waals surface area contributed by atoms with E-state index in [0.29, 0.717) is 32.1 Å². The van der Waals surface area contributed by atoms with Gasteiger partial charge in [0.2, 0.25) is 5.91 Å². The van der Waals surface area contributed by atoms with E-state index in [-0.39, 0.29) is 17.8 Å². The highest BCUT2D eigenvalue weighted by molar-refractivity contribution is 5.75. The van der Waals surface area contributed by atoms with Gasteiger partial charge < -0.3 is 15.4 Å². The standard InChI is InChI=1S/C19H28FN3O2/c20-17-4-2-16(3-5-17)18(23-9-11-25-12-10-23)14-22-19(24)6-1-15-7-8-21-13-15/h2-5,15,18,21H,1,6-14H2,(H,22,24). The molecule has 1 aromatic carbocycles. The number of nitrogens with one attached hydrogen (secondary N) is 2. The van der Waals surface area contributed by atoms with E-state index in [1.165, 1.54) is 18.6 Å². The first-order valence-corrected chi connectivity index (χ1v) is 9.27. The predicted octanol–water partition coefficient (Wildman–Crippen LogP) is 1.70. The number of carbonyl (C=O) groups is 1. The molecule has 2 atom stereocenters. The lowest BCUT2D eigenvalue weighted by Crippen LogP contribution is -2.43. The third kappa shape index (κ3) is 5.49. The van der Waals surface area contributed by atoms with E-state index in [9.17, 15) is 9.18 Å². The Morgan fingerprint density at radius 1 is 1.32 bits per heavy atom. The molecule has 2 N–H and O–H groups in total. The molecule has 3 rings (SSSR count). The first-order valence-electron chi connectivity index (χ1n) is 9.27. The summed E-state index contributed by atoms with van der Waals surface area (Å²) in [6.45, 7) is 5.68. The van der Waals surface area contributed by atoms with Gasteiger partial charge in [0.25, 0.3) is 0 Å². The molecule has 0 bridgehead atoms. The fraction of sp³-hybridized carbons (Fsp3) is 0.632. The topological polar surface area (TPSA) is 53.6 Å². The summed E-state index contributed by atoms with van der Waals surface area (Å²) in [5.41, 5.74) is 1.03. The normalized spacial score (nSPS) is 22.7. The van der Waals surface area contributed by atoms with Crippen LogP contribution < -0.4 is 10.6 Å². The van der Waals surface area contributed by atoms with Crippen LogP contribution in [0, 0.1) is 11.7 Å². The zero-order valence-corrected chi connectivity index (χ0v) is 14.7. The summed E-state index contributed by atoms with van der Waals surface area (Å²) in [5.74, 6) is 0.490. The number of halogens is 1. The molecule has 0 aromatic heterocycles. The maximum Gasteiger partial charge on any atom is 0.220 e. The van der Waals surface area contributed by atoms with Crippen molar-refractivity contribution in [1.29, 1.82) is 0 Å². The van der Waals surface area contributed by atoms with Crippen molar-refractivity contribution < 1.29 is 13.9 Å². The second-order valence-electron chi connectivity index (χ2n) is 6.92. The maximum atomic E-state index is 13.2. The molecule has 25 heavy (non-hydrogen) atoms. The fourth-order valence-corrected chi connectivity index (χ4v) is 3.63. The van der Waals surface area contributed by atoms with Crippen molar-refractivity contribution >= 4 is 5.91 Å². The molecule has 0 spiro atoms. The highest BCUT2D eigenvalue weighted by Crippen LogP contribution is 2.22. The van der Waals surface area contributed by atoms with Crippen LogP contribution in [-0.2, 0) is 9.53 Å². The van der Waals surface area contributed by atoms with Crippen LogP contribution in [0.1, 0.15) is 30.9 Å². The Hall–Kier alpha value is -1.50. The average molecular weight is 349 g/mol. The van der Waals surface area contributed by atoms with Crippen LogP contribution in [0.5, 0.6) is 0 Å². The van der Waals surface area contributed by atoms with Gasteiger partial charge in [-0.25, -0.2) is 4.39 Å². The molecule has 2 saturated heterocycles. The lowest BCUT2D eigenvalue weighted by atomic mass is 10.0. The second-order valence-corrected chi connectivity index (χ2v) is 6.92. The molecule has 2 aliphatic rings. The predicted molar refractivity (Wildman–Crippen MR) is 94.8 cm³/mol. The molecule has 2 fully saturated rings. The van der Waals surface area contributed by atoms with Gasteiger partial charge in [0.15, 0.2) is 0 Å². The molecule has 2 heterocycles. The van der Waals surface area contributed by atoms with E-state index in [2.05, 4.69) is 15.5 Å². The Labute approximate surface area is 148 Å². The smallest absolute Gasteiger partial charge is 0.220 e. The molecule has 2 unspecified atom stereocenters. The number of rotatable bonds is 7. The van der Waals surface area contributed by atoms with Crippen molar-refractivity contribution in [2.75, 3.05) is 45.9 Å². The van der Waals surface area contributed by atoms with E-state index >= 15 is 0 Å². The molecule has 0 saturated carbocycles. The Morgan fingerprint density at radius 3 is 2.76 bits per heavy atom. The summed E-state index contributed by atoms with van der Waals surface area (Å²) in [7, 11) is 0. The van der Waals surface area contributed by atoms with Crippen molar-refractivity contribution in [3.8, 4) is 0 Å². The fourth-order valence-electron chi connectivity index (χ4n) is 3.63. The number of ether oxygens (including phenoxy) is 1. The molecule has 0 aliphatic carbocycles. The van der Waals surface area contributed by atoms with E-state index in [1.807, 2.05) is 12.1 Å².